The van der Waals surface area contributed by atoms with E-state index in [2.05, 4.69) is 73.3 Å². The Labute approximate surface area is 178 Å². The number of hydrogen-bond acceptors (Lipinski definition) is 1. The van der Waals surface area contributed by atoms with Gasteiger partial charge in [-0.2, -0.15) is 0 Å². The number of nitrogens with one attached hydrogen (secondary N) is 2. The van der Waals surface area contributed by atoms with Gasteiger partial charge in [-0.1, -0.05) is 32.9 Å². The minimum atomic E-state index is 0.457. The Bertz CT molecular complexity index is 1190. The van der Waals surface area contributed by atoms with E-state index in [0.29, 0.717) is 18.4 Å². The number of hydrogen-bond donors (Lipinski definition) is 2. The molecule has 1 atom stereocenters. The summed E-state index contributed by atoms with van der Waals surface area (Å²) in [5, 5.41) is 2.70. The molecule has 1 saturated carbocycles. The van der Waals surface area contributed by atoms with Crippen molar-refractivity contribution in [2.75, 3.05) is 7.11 Å². The molecule has 2 heterocycles. The molecule has 0 saturated heterocycles. The van der Waals surface area contributed by atoms with Crippen molar-refractivity contribution in [3.05, 3.63) is 70.5 Å². The second-order valence-electron chi connectivity index (χ2n) is 9.45. The van der Waals surface area contributed by atoms with Crippen molar-refractivity contribution in [3.63, 3.8) is 0 Å². The average Bonchev–Trinajstić information content (AvgIpc) is 3.30. The van der Waals surface area contributed by atoms with Gasteiger partial charge in [0.25, 0.3) is 0 Å². The zero-order valence-corrected chi connectivity index (χ0v) is 18.5. The first-order chi connectivity index (χ1) is 14.5. The summed E-state index contributed by atoms with van der Waals surface area (Å²) in [6.45, 7) is 7.50. The molecule has 0 aliphatic heterocycles. The third-order valence-corrected chi connectivity index (χ3v) is 6.70. The van der Waals surface area contributed by atoms with Gasteiger partial charge in [-0.15, -0.1) is 0 Å². The molecule has 2 aromatic heterocycles. The highest BCUT2D eigenvalue weighted by Crippen LogP contribution is 2.44. The Morgan fingerprint density at radius 1 is 0.967 bits per heavy atom. The van der Waals surface area contributed by atoms with Crippen LogP contribution in [0.2, 0.25) is 0 Å². The molecule has 1 unspecified atom stereocenters. The summed E-state index contributed by atoms with van der Waals surface area (Å²) in [6.07, 6.45) is 5.75. The fourth-order valence-corrected chi connectivity index (χ4v) is 4.80. The van der Waals surface area contributed by atoms with Crippen LogP contribution < -0.4 is 0 Å². The lowest BCUT2D eigenvalue weighted by atomic mass is 9.92. The Balaban J connectivity index is 1.48. The van der Waals surface area contributed by atoms with Crippen molar-refractivity contribution in [2.45, 2.75) is 64.4 Å². The van der Waals surface area contributed by atoms with Crippen molar-refractivity contribution in [3.8, 4) is 0 Å². The van der Waals surface area contributed by atoms with Crippen molar-refractivity contribution in [1.29, 1.82) is 0 Å². The van der Waals surface area contributed by atoms with E-state index in [-0.39, 0.29) is 0 Å². The standard InChI is InChI=1S/C27H32N2O/c1-16(2)19-10-21(15-30-4)25-14-22(29-27(25)12-19)9-17(3)20-11-24(18-5-6-18)23-7-8-28-26(23)13-20/h7-8,10-14,16-18,28-29H,5-6,9,15H2,1-4H3. The van der Waals surface area contributed by atoms with Gasteiger partial charge in [-0.25, -0.2) is 0 Å². The van der Waals surface area contributed by atoms with Gasteiger partial charge in [0.15, 0.2) is 0 Å². The quantitative estimate of drug-likeness (QED) is 0.340. The predicted molar refractivity (Wildman–Crippen MR) is 125 cm³/mol. The van der Waals surface area contributed by atoms with Gasteiger partial charge in [0.1, 0.15) is 0 Å². The summed E-state index contributed by atoms with van der Waals surface area (Å²) in [5.74, 6) is 1.72. The molecular weight excluding hydrogens is 368 g/mol. The molecule has 3 nitrogen and oxygen atoms in total. The third-order valence-electron chi connectivity index (χ3n) is 6.70. The van der Waals surface area contributed by atoms with Gasteiger partial charge < -0.3 is 14.7 Å². The Morgan fingerprint density at radius 3 is 2.50 bits per heavy atom. The molecule has 1 aliphatic carbocycles. The van der Waals surface area contributed by atoms with E-state index >= 15 is 0 Å². The summed E-state index contributed by atoms with van der Waals surface area (Å²) < 4.78 is 5.49. The highest BCUT2D eigenvalue weighted by atomic mass is 16.5. The van der Waals surface area contributed by atoms with Gasteiger partial charge in [-0.05, 0) is 83.5 Å². The van der Waals surface area contributed by atoms with Crippen molar-refractivity contribution < 1.29 is 4.74 Å². The Kier molecular flexibility index (Phi) is 4.94. The minimum Gasteiger partial charge on any atom is -0.380 e. The second kappa shape index (κ2) is 7.63. The molecule has 1 fully saturated rings. The zero-order valence-electron chi connectivity index (χ0n) is 18.5. The molecule has 0 radical (unpaired) electrons. The van der Waals surface area contributed by atoms with E-state index < -0.39 is 0 Å². The SMILES string of the molecule is COCc1cc(C(C)C)cc2[nH]c(CC(C)c3cc(C4CC4)c4cc[nH]c4c3)cc12. The predicted octanol–water partition coefficient (Wildman–Crippen LogP) is 7.14. The topological polar surface area (TPSA) is 40.8 Å². The van der Waals surface area contributed by atoms with E-state index in [9.17, 15) is 0 Å². The number of ether oxygens (including phenoxy) is 1. The van der Waals surface area contributed by atoms with E-state index in [4.69, 9.17) is 4.74 Å². The number of H-pyrrole nitrogens is 2. The van der Waals surface area contributed by atoms with Gasteiger partial charge in [-0.3, -0.25) is 0 Å². The summed E-state index contributed by atoms with van der Waals surface area (Å²) in [5.41, 5.74) is 9.42. The summed E-state index contributed by atoms with van der Waals surface area (Å²) in [7, 11) is 1.78. The maximum atomic E-state index is 5.49. The normalized spacial score (nSPS) is 15.5. The zero-order chi connectivity index (χ0) is 20.8. The average molecular weight is 401 g/mol. The first-order valence-electron chi connectivity index (χ1n) is 11.3. The Morgan fingerprint density at radius 2 is 1.77 bits per heavy atom. The van der Waals surface area contributed by atoms with Crippen LogP contribution in [0.15, 0.2) is 42.6 Å². The van der Waals surface area contributed by atoms with E-state index in [1.807, 2.05) is 0 Å². The molecule has 156 valence electrons. The molecule has 0 bridgehead atoms. The summed E-state index contributed by atoms with van der Waals surface area (Å²) in [6, 6.07) is 14.0. The molecule has 30 heavy (non-hydrogen) atoms. The molecular formula is C27H32N2O. The maximum Gasteiger partial charge on any atom is 0.0719 e. The molecule has 2 aromatic carbocycles. The number of aromatic amines is 2. The lowest BCUT2D eigenvalue weighted by Gasteiger charge is -2.14. The van der Waals surface area contributed by atoms with Gasteiger partial charge in [0.2, 0.25) is 0 Å². The van der Waals surface area contributed by atoms with Crippen LogP contribution in [0.4, 0.5) is 0 Å². The van der Waals surface area contributed by atoms with Gasteiger partial charge >= 0.3 is 0 Å². The number of benzene rings is 2. The molecule has 2 N–H and O–H groups in total. The van der Waals surface area contributed by atoms with Crippen LogP contribution >= 0.6 is 0 Å². The second-order valence-corrected chi connectivity index (χ2v) is 9.45. The van der Waals surface area contributed by atoms with Gasteiger partial charge in [0.05, 0.1) is 6.61 Å². The highest BCUT2D eigenvalue weighted by Gasteiger charge is 2.26. The maximum absolute atomic E-state index is 5.49. The molecule has 5 rings (SSSR count). The van der Waals surface area contributed by atoms with Crippen LogP contribution in [0.5, 0.6) is 0 Å². The monoisotopic (exact) mass is 400 g/mol. The molecule has 1 aliphatic rings. The van der Waals surface area contributed by atoms with Crippen LogP contribution in [-0.4, -0.2) is 17.1 Å². The van der Waals surface area contributed by atoms with Crippen LogP contribution in [0.3, 0.4) is 0 Å². The third kappa shape index (κ3) is 3.56. The smallest absolute Gasteiger partial charge is 0.0719 e. The van der Waals surface area contributed by atoms with Crippen LogP contribution in [0, 0.1) is 0 Å². The van der Waals surface area contributed by atoms with E-state index in [1.54, 1.807) is 7.11 Å². The molecule has 0 amide bonds. The van der Waals surface area contributed by atoms with E-state index in [1.165, 1.54) is 62.6 Å². The van der Waals surface area contributed by atoms with Crippen LogP contribution in [0.25, 0.3) is 21.8 Å². The number of aromatic nitrogens is 2. The lowest BCUT2D eigenvalue weighted by molar-refractivity contribution is 0.186. The first kappa shape index (κ1) is 19.4. The van der Waals surface area contributed by atoms with Crippen molar-refractivity contribution in [1.82, 2.24) is 9.97 Å². The Hall–Kier alpha value is -2.52. The molecule has 3 heteroatoms. The molecule has 4 aromatic rings. The summed E-state index contributed by atoms with van der Waals surface area (Å²) in [4.78, 5) is 7.15. The van der Waals surface area contributed by atoms with Crippen molar-refractivity contribution in [2.24, 2.45) is 0 Å². The fourth-order valence-electron chi connectivity index (χ4n) is 4.80. The fraction of sp³-hybridized carbons (Fsp3) is 0.407. The first-order valence-corrected chi connectivity index (χ1v) is 11.3. The lowest BCUT2D eigenvalue weighted by Crippen LogP contribution is -2.00. The number of fused-ring (bicyclic) bond motifs is 2. The van der Waals surface area contributed by atoms with Crippen LogP contribution in [-0.2, 0) is 17.8 Å². The van der Waals surface area contributed by atoms with Gasteiger partial charge in [0, 0.05) is 40.8 Å². The van der Waals surface area contributed by atoms with E-state index in [0.717, 1.165) is 12.3 Å². The molecule has 0 spiro atoms. The highest BCUT2D eigenvalue weighted by molar-refractivity contribution is 5.86. The van der Waals surface area contributed by atoms with Crippen molar-refractivity contribution >= 4 is 21.8 Å². The number of methoxy groups -OCH3 is 1. The minimum absolute atomic E-state index is 0.457. The van der Waals surface area contributed by atoms with Crippen LogP contribution in [0.1, 0.15) is 79.3 Å². The summed E-state index contributed by atoms with van der Waals surface area (Å²) >= 11 is 0. The largest absolute Gasteiger partial charge is 0.380 e. The number of rotatable bonds is 7.